The fourth-order valence-electron chi connectivity index (χ4n) is 7.44. The zero-order valence-corrected chi connectivity index (χ0v) is 31.7. The number of ether oxygens (including phenoxy) is 1. The van der Waals surface area contributed by atoms with Gasteiger partial charge in [0.15, 0.2) is 0 Å². The van der Waals surface area contributed by atoms with Crippen LogP contribution in [0.25, 0.3) is 90.9 Å². The lowest BCUT2D eigenvalue weighted by atomic mass is 10.0. The first-order chi connectivity index (χ1) is 27.7. The molecule has 3 aromatic heterocycles. The molecular formula is C49H39N5O3. The summed E-state index contributed by atoms with van der Waals surface area (Å²) in [6.07, 6.45) is 7.55. The topological polar surface area (TPSA) is 116 Å². The zero-order valence-electron chi connectivity index (χ0n) is 31.7. The minimum atomic E-state index is -0.694. The molecule has 2 aliphatic heterocycles. The number of nitrogens with one attached hydrogen (secondary N) is 3. The van der Waals surface area contributed by atoms with Crippen LogP contribution in [0, 0.1) is 0 Å². The monoisotopic (exact) mass is 745 g/mol. The molecule has 0 unspecified atom stereocenters. The van der Waals surface area contributed by atoms with Gasteiger partial charge in [-0.2, -0.15) is 0 Å². The summed E-state index contributed by atoms with van der Waals surface area (Å²) in [6.45, 7) is 5.37. The highest BCUT2D eigenvalue weighted by Gasteiger charge is 2.21. The van der Waals surface area contributed by atoms with Crippen LogP contribution in [0.15, 0.2) is 133 Å². The van der Waals surface area contributed by atoms with E-state index in [1.807, 2.05) is 78.9 Å². The quantitative estimate of drug-likeness (QED) is 0.131. The van der Waals surface area contributed by atoms with Crippen LogP contribution in [-0.4, -0.2) is 36.7 Å². The second-order valence-corrected chi connectivity index (χ2v) is 15.0. The minimum Gasteiger partial charge on any atom is -0.506 e. The summed E-state index contributed by atoms with van der Waals surface area (Å²) in [7, 11) is 0. The van der Waals surface area contributed by atoms with E-state index in [1.54, 1.807) is 32.9 Å². The molecule has 57 heavy (non-hydrogen) atoms. The molecule has 8 heteroatoms. The first-order valence-corrected chi connectivity index (χ1v) is 18.8. The highest BCUT2D eigenvalue weighted by Crippen LogP contribution is 2.39. The number of carbonyl (C=O) groups is 1. The highest BCUT2D eigenvalue weighted by atomic mass is 16.6. The molecule has 4 aromatic carbocycles. The van der Waals surface area contributed by atoms with Crippen LogP contribution < -0.4 is 5.32 Å². The van der Waals surface area contributed by atoms with E-state index in [9.17, 15) is 9.90 Å². The van der Waals surface area contributed by atoms with E-state index < -0.39 is 11.7 Å². The van der Waals surface area contributed by atoms with Crippen LogP contribution in [0.4, 0.5) is 10.5 Å². The fourth-order valence-corrected chi connectivity index (χ4v) is 7.44. The lowest BCUT2D eigenvalue weighted by Crippen LogP contribution is -2.27. The van der Waals surface area contributed by atoms with Gasteiger partial charge in [-0.15, -0.1) is 0 Å². The van der Waals surface area contributed by atoms with Crippen molar-refractivity contribution in [2.45, 2.75) is 26.4 Å². The molecule has 9 rings (SSSR count). The first-order valence-electron chi connectivity index (χ1n) is 18.8. The molecule has 0 radical (unpaired) electrons. The number of hydrogen-bond acceptors (Lipinski definition) is 5. The van der Waals surface area contributed by atoms with Crippen LogP contribution >= 0.6 is 0 Å². The van der Waals surface area contributed by atoms with Gasteiger partial charge < -0.3 is 19.8 Å². The first kappa shape index (κ1) is 35.3. The second kappa shape index (κ2) is 14.3. The number of hydrogen-bond donors (Lipinski definition) is 4. The number of phenolic OH excluding ortho intramolecular Hbond substituents is 1. The van der Waals surface area contributed by atoms with Crippen LogP contribution in [0.5, 0.6) is 5.75 Å². The van der Waals surface area contributed by atoms with Gasteiger partial charge in [0, 0.05) is 44.3 Å². The van der Waals surface area contributed by atoms with Crippen molar-refractivity contribution in [2.75, 3.05) is 5.32 Å². The minimum absolute atomic E-state index is 0.109. The van der Waals surface area contributed by atoms with E-state index in [4.69, 9.17) is 14.7 Å². The largest absolute Gasteiger partial charge is 0.506 e. The SMILES string of the molecule is CC(C)(C)OC(=O)Nc1ccc(-c2c3nc(c(-c4ccccc4)c4ccc([nH]4)c(-c4ccccc4)c4nc(c(-c5ccccc5)c5ccc2[nH]5)C=C4)C=C3)cc1O. The molecule has 7 aromatic rings. The van der Waals surface area contributed by atoms with E-state index in [0.29, 0.717) is 11.3 Å². The third-order valence-electron chi connectivity index (χ3n) is 9.86. The Labute approximate surface area is 329 Å². The summed E-state index contributed by atoms with van der Waals surface area (Å²) in [4.78, 5) is 30.8. The van der Waals surface area contributed by atoms with Crippen LogP contribution in [0.3, 0.4) is 0 Å². The molecule has 0 aliphatic carbocycles. The maximum absolute atomic E-state index is 12.6. The fraction of sp³-hybridized carbons (Fsp3) is 0.0816. The Bertz CT molecular complexity index is 2860. The number of amides is 1. The molecule has 2 aliphatic rings. The maximum atomic E-state index is 12.6. The average Bonchev–Trinajstić information content (AvgIpc) is 4.04. The Morgan fingerprint density at radius 3 is 1.25 bits per heavy atom. The number of aromatic amines is 2. The summed E-state index contributed by atoms with van der Waals surface area (Å²) < 4.78 is 5.44. The van der Waals surface area contributed by atoms with E-state index in [2.05, 4.69) is 82.0 Å². The predicted octanol–water partition coefficient (Wildman–Crippen LogP) is 12.4. The van der Waals surface area contributed by atoms with Crippen molar-refractivity contribution < 1.29 is 14.6 Å². The lowest BCUT2D eigenvalue weighted by molar-refractivity contribution is 0.0635. The van der Waals surface area contributed by atoms with Gasteiger partial charge in [-0.1, -0.05) is 97.1 Å². The van der Waals surface area contributed by atoms with Crippen LogP contribution in [-0.2, 0) is 4.74 Å². The average molecular weight is 746 g/mol. The number of phenols is 1. The third kappa shape index (κ3) is 7.00. The van der Waals surface area contributed by atoms with E-state index in [1.165, 1.54) is 0 Å². The van der Waals surface area contributed by atoms with Crippen molar-refractivity contribution in [1.29, 1.82) is 0 Å². The Kier molecular flexibility index (Phi) is 8.86. The molecule has 0 atom stereocenters. The summed E-state index contributed by atoms with van der Waals surface area (Å²) in [6, 6.07) is 44.3. The van der Waals surface area contributed by atoms with E-state index in [-0.39, 0.29) is 11.4 Å². The molecule has 278 valence electrons. The number of rotatable bonds is 5. The number of carbonyl (C=O) groups excluding carboxylic acids is 1. The predicted molar refractivity (Wildman–Crippen MR) is 232 cm³/mol. The van der Waals surface area contributed by atoms with Gasteiger partial charge in [0.2, 0.25) is 0 Å². The Morgan fingerprint density at radius 2 is 0.895 bits per heavy atom. The van der Waals surface area contributed by atoms with Crippen molar-refractivity contribution in [3.63, 3.8) is 0 Å². The maximum Gasteiger partial charge on any atom is 0.412 e. The Balaban J connectivity index is 1.37. The van der Waals surface area contributed by atoms with Crippen molar-refractivity contribution in [2.24, 2.45) is 0 Å². The van der Waals surface area contributed by atoms with Gasteiger partial charge in [-0.05, 0) is 104 Å². The molecule has 4 N–H and O–H groups in total. The van der Waals surface area contributed by atoms with Crippen molar-refractivity contribution in [3.05, 3.63) is 156 Å². The molecular weight excluding hydrogens is 707 g/mol. The molecule has 0 saturated carbocycles. The summed E-state index contributed by atoms with van der Waals surface area (Å²) in [5.74, 6) is -0.109. The lowest BCUT2D eigenvalue weighted by Gasteiger charge is -2.20. The highest BCUT2D eigenvalue weighted by molar-refractivity contribution is 6.00. The number of H-pyrrole nitrogens is 2. The number of aromatic nitrogens is 4. The smallest absolute Gasteiger partial charge is 0.412 e. The number of benzene rings is 4. The van der Waals surface area contributed by atoms with Crippen LogP contribution in [0.2, 0.25) is 0 Å². The van der Waals surface area contributed by atoms with E-state index >= 15 is 0 Å². The third-order valence-corrected chi connectivity index (χ3v) is 9.86. The molecule has 1 amide bonds. The molecule has 8 nitrogen and oxygen atoms in total. The standard InChI is InChI=1S/C49H39N5O3/c1-49(2,3)57-48(56)54-34-20-19-33(29-43(34)55)47-41-27-25-39(52-41)45(31-15-9-5-10-16-31)37-23-21-35(50-37)44(30-13-7-4-8-14-30)36-22-24-38(51-36)46(32-17-11-6-12-18-32)40-26-28-42(47)53-40/h4-29,50,53,55H,1-3H3,(H,54,56). The van der Waals surface area contributed by atoms with E-state index in [0.717, 1.165) is 78.1 Å². The number of nitrogens with zero attached hydrogens (tertiary/aromatic N) is 2. The van der Waals surface area contributed by atoms with Crippen molar-refractivity contribution in [1.82, 2.24) is 19.9 Å². The Hall–Kier alpha value is -7.45. The van der Waals surface area contributed by atoms with Gasteiger partial charge in [0.25, 0.3) is 0 Å². The normalized spacial score (nSPS) is 12.1. The molecule has 8 bridgehead atoms. The summed E-state index contributed by atoms with van der Waals surface area (Å²) in [5, 5.41) is 14.0. The number of anilines is 1. The molecule has 0 saturated heterocycles. The molecule has 0 spiro atoms. The molecule has 0 fully saturated rings. The van der Waals surface area contributed by atoms with Gasteiger partial charge in [0.05, 0.1) is 28.5 Å². The number of aromatic hydroxyl groups is 1. The van der Waals surface area contributed by atoms with Gasteiger partial charge in [-0.3, -0.25) is 5.32 Å². The Morgan fingerprint density at radius 1 is 0.526 bits per heavy atom. The van der Waals surface area contributed by atoms with Gasteiger partial charge in [0.1, 0.15) is 11.4 Å². The zero-order chi connectivity index (χ0) is 39.1. The van der Waals surface area contributed by atoms with Gasteiger partial charge in [-0.25, -0.2) is 14.8 Å². The summed E-state index contributed by atoms with van der Waals surface area (Å²) >= 11 is 0. The second-order valence-electron chi connectivity index (χ2n) is 15.0. The van der Waals surface area contributed by atoms with Crippen molar-refractivity contribution >= 4 is 58.2 Å². The summed E-state index contributed by atoms with van der Waals surface area (Å²) in [5.41, 5.74) is 13.6. The molecule has 5 heterocycles. The van der Waals surface area contributed by atoms with Gasteiger partial charge >= 0.3 is 6.09 Å². The number of fused-ring (bicyclic) bond motifs is 8. The van der Waals surface area contributed by atoms with Crippen molar-refractivity contribution in [3.8, 4) is 50.3 Å². The van der Waals surface area contributed by atoms with Crippen LogP contribution in [0.1, 0.15) is 43.5 Å².